The molecule has 1 aliphatic heterocycles. The second kappa shape index (κ2) is 10.1. The van der Waals surface area contributed by atoms with E-state index in [0.717, 1.165) is 48.7 Å². The minimum absolute atomic E-state index is 0.221. The summed E-state index contributed by atoms with van der Waals surface area (Å²) in [5, 5.41) is 5.81. The van der Waals surface area contributed by atoms with Crippen LogP contribution in [0.25, 0.3) is 0 Å². The Morgan fingerprint density at radius 2 is 1.97 bits per heavy atom. The molecular formula is C22H29FN4OS. The Morgan fingerprint density at radius 1 is 1.14 bits per heavy atom. The summed E-state index contributed by atoms with van der Waals surface area (Å²) in [5.41, 5.74) is 2.19. The van der Waals surface area contributed by atoms with Crippen molar-refractivity contribution >= 4 is 23.7 Å². The van der Waals surface area contributed by atoms with E-state index >= 15 is 0 Å². The molecule has 1 aliphatic rings. The second-order valence-electron chi connectivity index (χ2n) is 7.53. The van der Waals surface area contributed by atoms with Crippen LogP contribution in [0.1, 0.15) is 30.5 Å². The lowest BCUT2D eigenvalue weighted by atomic mass is 10.1. The van der Waals surface area contributed by atoms with Gasteiger partial charge in [-0.15, -0.1) is 0 Å². The molecule has 1 unspecified atom stereocenters. The minimum Gasteiger partial charge on any atom is -0.331 e. The third-order valence-electron chi connectivity index (χ3n) is 5.03. The standard InChI is InChI=1S/C22H29FN4OS/c1-16-14-18(8-9-21(16)23)17(2)24-22(28)25-19-6-4-7-20(15-19)29-27-11-5-10-26(3)12-13-27/h4,6-9,14-15,17H,5,10-13H2,1-3H3,(H2,24,25,28). The number of hydrogen-bond acceptors (Lipinski definition) is 4. The highest BCUT2D eigenvalue weighted by atomic mass is 32.2. The Kier molecular flexibility index (Phi) is 7.52. The molecule has 0 radical (unpaired) electrons. The second-order valence-corrected chi connectivity index (χ2v) is 8.70. The normalized spacial score (nSPS) is 16.8. The van der Waals surface area contributed by atoms with Crippen LogP contribution in [0.4, 0.5) is 14.9 Å². The van der Waals surface area contributed by atoms with E-state index in [1.165, 1.54) is 6.07 Å². The summed E-state index contributed by atoms with van der Waals surface area (Å²) in [6.07, 6.45) is 1.16. The SMILES string of the molecule is Cc1cc(C(C)NC(=O)Nc2cccc(SN3CCCN(C)CC3)c2)ccc1F. The summed E-state index contributed by atoms with van der Waals surface area (Å²) in [6.45, 7) is 7.88. The number of amides is 2. The molecule has 1 atom stereocenters. The van der Waals surface area contributed by atoms with E-state index in [0.29, 0.717) is 5.56 Å². The smallest absolute Gasteiger partial charge is 0.319 e. The van der Waals surface area contributed by atoms with Crippen LogP contribution in [0.15, 0.2) is 47.4 Å². The maximum atomic E-state index is 13.5. The fourth-order valence-electron chi connectivity index (χ4n) is 3.28. The van der Waals surface area contributed by atoms with Crippen molar-refractivity contribution in [2.24, 2.45) is 0 Å². The first-order valence-corrected chi connectivity index (χ1v) is 10.7. The molecule has 2 amide bonds. The number of halogens is 1. The van der Waals surface area contributed by atoms with Gasteiger partial charge in [-0.25, -0.2) is 13.5 Å². The summed E-state index contributed by atoms with van der Waals surface area (Å²) < 4.78 is 15.8. The summed E-state index contributed by atoms with van der Waals surface area (Å²) >= 11 is 1.73. The highest BCUT2D eigenvalue weighted by Gasteiger charge is 2.14. The summed E-state index contributed by atoms with van der Waals surface area (Å²) in [4.78, 5) is 15.9. The Balaban J connectivity index is 1.56. The first-order chi connectivity index (χ1) is 13.9. The third-order valence-corrected chi connectivity index (χ3v) is 6.12. The lowest BCUT2D eigenvalue weighted by molar-refractivity contribution is 0.249. The minimum atomic E-state index is -0.280. The number of hydrogen-bond donors (Lipinski definition) is 2. The number of anilines is 1. The maximum Gasteiger partial charge on any atom is 0.319 e. The molecule has 156 valence electrons. The van der Waals surface area contributed by atoms with Crippen molar-refractivity contribution in [2.45, 2.75) is 31.2 Å². The average molecular weight is 417 g/mol. The molecule has 7 heteroatoms. The maximum absolute atomic E-state index is 13.5. The van der Waals surface area contributed by atoms with Crippen LogP contribution >= 0.6 is 11.9 Å². The average Bonchev–Trinajstić information content (AvgIpc) is 2.88. The first-order valence-electron chi connectivity index (χ1n) is 9.96. The van der Waals surface area contributed by atoms with E-state index in [4.69, 9.17) is 0 Å². The zero-order valence-corrected chi connectivity index (χ0v) is 18.1. The summed E-state index contributed by atoms with van der Waals surface area (Å²) in [7, 11) is 2.16. The number of urea groups is 1. The summed E-state index contributed by atoms with van der Waals surface area (Å²) in [6, 6.07) is 12.3. The molecule has 1 saturated heterocycles. The fraction of sp³-hybridized carbons (Fsp3) is 0.409. The molecule has 0 saturated carbocycles. The van der Waals surface area contributed by atoms with Gasteiger partial charge in [0.25, 0.3) is 0 Å². The predicted molar refractivity (Wildman–Crippen MR) is 118 cm³/mol. The molecule has 3 rings (SSSR count). The molecular weight excluding hydrogens is 387 g/mol. The molecule has 1 fully saturated rings. The van der Waals surface area contributed by atoms with Gasteiger partial charge in [0.1, 0.15) is 5.82 Å². The summed E-state index contributed by atoms with van der Waals surface area (Å²) in [5.74, 6) is -0.240. The highest BCUT2D eigenvalue weighted by Crippen LogP contribution is 2.26. The molecule has 0 spiro atoms. The highest BCUT2D eigenvalue weighted by molar-refractivity contribution is 7.97. The molecule has 0 bridgehead atoms. The van der Waals surface area contributed by atoms with Gasteiger partial charge in [-0.05, 0) is 81.2 Å². The number of rotatable bonds is 5. The number of carbonyl (C=O) groups is 1. The number of nitrogens with zero attached hydrogens (tertiary/aromatic N) is 2. The monoisotopic (exact) mass is 416 g/mol. The Bertz CT molecular complexity index is 847. The first kappa shape index (κ1) is 21.6. The number of benzene rings is 2. The van der Waals surface area contributed by atoms with Gasteiger partial charge in [-0.3, -0.25) is 0 Å². The van der Waals surface area contributed by atoms with E-state index in [1.807, 2.05) is 25.1 Å². The zero-order chi connectivity index (χ0) is 20.8. The van der Waals surface area contributed by atoms with Crippen LogP contribution in [0.3, 0.4) is 0 Å². The molecule has 0 aliphatic carbocycles. The van der Waals surface area contributed by atoms with Gasteiger partial charge < -0.3 is 15.5 Å². The topological polar surface area (TPSA) is 47.6 Å². The number of carbonyl (C=O) groups excluding carboxylic acids is 1. The van der Waals surface area contributed by atoms with Crippen LogP contribution in [0.2, 0.25) is 0 Å². The lowest BCUT2D eigenvalue weighted by Crippen LogP contribution is -2.31. The van der Waals surface area contributed by atoms with Crippen molar-refractivity contribution in [1.82, 2.24) is 14.5 Å². The van der Waals surface area contributed by atoms with Crippen molar-refractivity contribution in [3.05, 3.63) is 59.4 Å². The van der Waals surface area contributed by atoms with E-state index in [9.17, 15) is 9.18 Å². The molecule has 0 aromatic heterocycles. The largest absolute Gasteiger partial charge is 0.331 e. The number of nitrogens with one attached hydrogen (secondary N) is 2. The van der Waals surface area contributed by atoms with E-state index in [1.54, 1.807) is 31.0 Å². The predicted octanol–water partition coefficient (Wildman–Crippen LogP) is 4.66. The Morgan fingerprint density at radius 3 is 2.76 bits per heavy atom. The van der Waals surface area contributed by atoms with Gasteiger partial charge in [-0.1, -0.05) is 18.2 Å². The van der Waals surface area contributed by atoms with Crippen molar-refractivity contribution in [3.8, 4) is 0 Å². The lowest BCUT2D eigenvalue weighted by Gasteiger charge is -2.19. The van der Waals surface area contributed by atoms with E-state index < -0.39 is 0 Å². The molecule has 5 nitrogen and oxygen atoms in total. The number of aryl methyl sites for hydroxylation is 1. The van der Waals surface area contributed by atoms with Gasteiger partial charge in [-0.2, -0.15) is 0 Å². The van der Waals surface area contributed by atoms with Gasteiger partial charge in [0.05, 0.1) is 6.04 Å². The Hall–Kier alpha value is -2.09. The molecule has 29 heavy (non-hydrogen) atoms. The molecule has 2 aromatic carbocycles. The Labute approximate surface area is 176 Å². The van der Waals surface area contributed by atoms with Crippen LogP contribution in [0, 0.1) is 12.7 Å². The quantitative estimate of drug-likeness (QED) is 0.696. The molecule has 2 N–H and O–H groups in total. The van der Waals surface area contributed by atoms with E-state index in [2.05, 4.69) is 33.0 Å². The molecule has 2 aromatic rings. The zero-order valence-electron chi connectivity index (χ0n) is 17.2. The van der Waals surface area contributed by atoms with E-state index in [-0.39, 0.29) is 17.9 Å². The van der Waals surface area contributed by atoms with Gasteiger partial charge in [0, 0.05) is 30.2 Å². The van der Waals surface area contributed by atoms with Gasteiger partial charge in [0.15, 0.2) is 0 Å². The third kappa shape index (κ3) is 6.45. The van der Waals surface area contributed by atoms with Crippen molar-refractivity contribution in [2.75, 3.05) is 38.5 Å². The van der Waals surface area contributed by atoms with Crippen LogP contribution < -0.4 is 10.6 Å². The van der Waals surface area contributed by atoms with Crippen molar-refractivity contribution in [1.29, 1.82) is 0 Å². The van der Waals surface area contributed by atoms with Gasteiger partial charge >= 0.3 is 6.03 Å². The number of likely N-dealkylation sites (N-methyl/N-ethyl adjacent to an activating group) is 1. The van der Waals surface area contributed by atoms with Crippen molar-refractivity contribution in [3.63, 3.8) is 0 Å². The van der Waals surface area contributed by atoms with Crippen LogP contribution in [-0.2, 0) is 0 Å². The van der Waals surface area contributed by atoms with Crippen LogP contribution in [-0.4, -0.2) is 48.5 Å². The molecule has 1 heterocycles. The van der Waals surface area contributed by atoms with Gasteiger partial charge in [0.2, 0.25) is 0 Å². The fourth-order valence-corrected chi connectivity index (χ4v) is 4.29. The van der Waals surface area contributed by atoms with Crippen LogP contribution in [0.5, 0.6) is 0 Å². The van der Waals surface area contributed by atoms with Crippen molar-refractivity contribution < 1.29 is 9.18 Å².